The zero-order valence-electron chi connectivity index (χ0n) is 12.3. The molecule has 0 spiro atoms. The summed E-state index contributed by atoms with van der Waals surface area (Å²) < 4.78 is 7.11. The van der Waals surface area contributed by atoms with E-state index in [0.29, 0.717) is 30.9 Å². The lowest BCUT2D eigenvalue weighted by atomic mass is 10.4. The van der Waals surface area contributed by atoms with Crippen LogP contribution in [0, 0.1) is 0 Å². The molecule has 8 heteroatoms. The van der Waals surface area contributed by atoms with Gasteiger partial charge in [-0.25, -0.2) is 0 Å². The molecule has 2 aromatic heterocycles. The summed E-state index contributed by atoms with van der Waals surface area (Å²) in [7, 11) is 1.87. The van der Waals surface area contributed by atoms with E-state index in [9.17, 15) is 0 Å². The van der Waals surface area contributed by atoms with E-state index in [1.165, 1.54) is 0 Å². The third kappa shape index (κ3) is 3.10. The molecule has 0 unspecified atom stereocenters. The number of rotatable bonds is 4. The van der Waals surface area contributed by atoms with E-state index in [1.807, 2.05) is 26.2 Å². The molecule has 1 fully saturated rings. The Bertz CT molecular complexity index is 606. The molecule has 2 aromatic rings. The van der Waals surface area contributed by atoms with Crippen LogP contribution in [0.1, 0.15) is 6.92 Å². The largest absolute Gasteiger partial charge is 0.378 e. The van der Waals surface area contributed by atoms with E-state index < -0.39 is 0 Å². The van der Waals surface area contributed by atoms with Gasteiger partial charge in [0.05, 0.1) is 13.2 Å². The summed E-state index contributed by atoms with van der Waals surface area (Å²) in [5, 5.41) is 7.51. The quantitative estimate of drug-likeness (QED) is 0.879. The van der Waals surface area contributed by atoms with Gasteiger partial charge < -0.3 is 15.0 Å². The fourth-order valence-electron chi connectivity index (χ4n) is 2.16. The van der Waals surface area contributed by atoms with Crippen molar-refractivity contribution in [2.75, 3.05) is 43.1 Å². The Labute approximate surface area is 123 Å². The van der Waals surface area contributed by atoms with Gasteiger partial charge in [-0.3, -0.25) is 4.68 Å². The Morgan fingerprint density at radius 1 is 1.24 bits per heavy atom. The molecule has 3 heterocycles. The fourth-order valence-corrected chi connectivity index (χ4v) is 2.16. The van der Waals surface area contributed by atoms with Gasteiger partial charge in [0.15, 0.2) is 5.82 Å². The summed E-state index contributed by atoms with van der Waals surface area (Å²) in [6.07, 6.45) is 1.88. The number of anilines is 2. The molecule has 0 amide bonds. The molecule has 0 aliphatic carbocycles. The summed E-state index contributed by atoms with van der Waals surface area (Å²) in [6, 6.07) is 1.90. The zero-order valence-corrected chi connectivity index (χ0v) is 12.3. The van der Waals surface area contributed by atoms with Crippen molar-refractivity contribution in [3.05, 3.63) is 12.3 Å². The van der Waals surface area contributed by atoms with Crippen molar-refractivity contribution >= 4 is 11.9 Å². The maximum absolute atomic E-state index is 5.37. The van der Waals surface area contributed by atoms with E-state index in [1.54, 1.807) is 4.68 Å². The van der Waals surface area contributed by atoms with Crippen LogP contribution in [0.3, 0.4) is 0 Å². The monoisotopic (exact) mass is 289 g/mol. The van der Waals surface area contributed by atoms with Crippen LogP contribution in [-0.4, -0.2) is 57.6 Å². The average molecular weight is 289 g/mol. The number of ether oxygens (including phenoxy) is 1. The van der Waals surface area contributed by atoms with E-state index >= 15 is 0 Å². The Balaban J connectivity index is 1.96. The minimum absolute atomic E-state index is 0.578. The van der Waals surface area contributed by atoms with Gasteiger partial charge in [-0.1, -0.05) is 0 Å². The first-order chi connectivity index (χ1) is 10.3. The topological polar surface area (TPSA) is 81.0 Å². The molecule has 1 aliphatic rings. The highest BCUT2D eigenvalue weighted by atomic mass is 16.5. The lowest BCUT2D eigenvalue weighted by molar-refractivity contribution is 0.122. The first kappa shape index (κ1) is 13.7. The van der Waals surface area contributed by atoms with Gasteiger partial charge in [0, 0.05) is 32.9 Å². The predicted octanol–water partition coefficient (Wildman–Crippen LogP) is 0.540. The van der Waals surface area contributed by atoms with Crippen molar-refractivity contribution in [3.63, 3.8) is 0 Å². The molecule has 112 valence electrons. The Hall–Kier alpha value is -2.22. The third-order valence-electron chi connectivity index (χ3n) is 3.20. The van der Waals surface area contributed by atoms with E-state index in [-0.39, 0.29) is 0 Å². The maximum Gasteiger partial charge on any atom is 0.230 e. The number of morpholine rings is 1. The van der Waals surface area contributed by atoms with Crippen LogP contribution in [0.15, 0.2) is 12.3 Å². The van der Waals surface area contributed by atoms with Crippen LogP contribution in [0.4, 0.5) is 11.9 Å². The summed E-state index contributed by atoms with van der Waals surface area (Å²) in [5.41, 5.74) is 0.744. The second kappa shape index (κ2) is 6.04. The minimum Gasteiger partial charge on any atom is -0.378 e. The Morgan fingerprint density at radius 3 is 2.71 bits per heavy atom. The van der Waals surface area contributed by atoms with Crippen LogP contribution < -0.4 is 10.2 Å². The number of hydrogen-bond donors (Lipinski definition) is 1. The predicted molar refractivity (Wildman–Crippen MR) is 79.2 cm³/mol. The van der Waals surface area contributed by atoms with Crippen molar-refractivity contribution in [1.82, 2.24) is 24.7 Å². The van der Waals surface area contributed by atoms with Crippen molar-refractivity contribution in [3.8, 4) is 11.5 Å². The fraction of sp³-hybridized carbons (Fsp3) is 0.538. The number of aryl methyl sites for hydroxylation is 1. The summed E-state index contributed by atoms with van der Waals surface area (Å²) in [6.45, 7) is 5.74. The van der Waals surface area contributed by atoms with Crippen LogP contribution in [0.25, 0.3) is 11.5 Å². The lowest BCUT2D eigenvalue weighted by Crippen LogP contribution is -2.37. The highest BCUT2D eigenvalue weighted by Crippen LogP contribution is 2.18. The molecule has 21 heavy (non-hydrogen) atoms. The first-order valence-electron chi connectivity index (χ1n) is 7.09. The normalized spacial score (nSPS) is 15.2. The molecular weight excluding hydrogens is 270 g/mol. The van der Waals surface area contributed by atoms with Gasteiger partial charge in [0.25, 0.3) is 0 Å². The summed E-state index contributed by atoms with van der Waals surface area (Å²) in [4.78, 5) is 15.6. The lowest BCUT2D eigenvalue weighted by Gasteiger charge is -2.27. The Morgan fingerprint density at radius 2 is 2.05 bits per heavy atom. The third-order valence-corrected chi connectivity index (χ3v) is 3.20. The molecular formula is C13H19N7O. The molecule has 1 aliphatic heterocycles. The number of hydrogen-bond acceptors (Lipinski definition) is 7. The molecule has 0 radical (unpaired) electrons. The Kier molecular flexibility index (Phi) is 3.96. The van der Waals surface area contributed by atoms with Gasteiger partial charge in [-0.2, -0.15) is 20.1 Å². The summed E-state index contributed by atoms with van der Waals surface area (Å²) >= 11 is 0. The van der Waals surface area contributed by atoms with E-state index in [2.05, 4.69) is 30.3 Å². The number of nitrogens with one attached hydrogen (secondary N) is 1. The van der Waals surface area contributed by atoms with Gasteiger partial charge in [-0.15, -0.1) is 0 Å². The smallest absolute Gasteiger partial charge is 0.230 e. The number of aromatic nitrogens is 5. The zero-order chi connectivity index (χ0) is 14.7. The van der Waals surface area contributed by atoms with E-state index in [0.717, 1.165) is 25.3 Å². The SMILES string of the molecule is CCNc1nc(-c2ccn(C)n2)nc(N2CCOCC2)n1. The molecule has 0 atom stereocenters. The van der Waals surface area contributed by atoms with Crippen LogP contribution in [-0.2, 0) is 11.8 Å². The highest BCUT2D eigenvalue weighted by molar-refractivity contribution is 5.53. The molecule has 3 rings (SSSR count). The molecule has 0 saturated carbocycles. The second-order valence-electron chi connectivity index (χ2n) is 4.79. The molecule has 8 nitrogen and oxygen atoms in total. The molecule has 1 N–H and O–H groups in total. The van der Waals surface area contributed by atoms with Gasteiger partial charge in [0.2, 0.25) is 11.9 Å². The summed E-state index contributed by atoms with van der Waals surface area (Å²) in [5.74, 6) is 1.84. The maximum atomic E-state index is 5.37. The number of nitrogens with zero attached hydrogens (tertiary/aromatic N) is 6. The van der Waals surface area contributed by atoms with Crippen LogP contribution >= 0.6 is 0 Å². The van der Waals surface area contributed by atoms with Crippen LogP contribution in [0.5, 0.6) is 0 Å². The van der Waals surface area contributed by atoms with E-state index in [4.69, 9.17) is 4.74 Å². The first-order valence-corrected chi connectivity index (χ1v) is 7.09. The highest BCUT2D eigenvalue weighted by Gasteiger charge is 2.17. The van der Waals surface area contributed by atoms with Crippen molar-refractivity contribution in [1.29, 1.82) is 0 Å². The van der Waals surface area contributed by atoms with Gasteiger partial charge >= 0.3 is 0 Å². The van der Waals surface area contributed by atoms with Crippen molar-refractivity contribution in [2.45, 2.75) is 6.92 Å². The van der Waals surface area contributed by atoms with Crippen LogP contribution in [0.2, 0.25) is 0 Å². The molecule has 0 aromatic carbocycles. The van der Waals surface area contributed by atoms with Gasteiger partial charge in [-0.05, 0) is 13.0 Å². The van der Waals surface area contributed by atoms with Crippen molar-refractivity contribution in [2.24, 2.45) is 7.05 Å². The minimum atomic E-state index is 0.578. The average Bonchev–Trinajstić information content (AvgIpc) is 2.95. The standard InChI is InChI=1S/C13H19N7O/c1-3-14-12-15-11(10-4-5-19(2)18-10)16-13(17-12)20-6-8-21-9-7-20/h4-5H,3,6-9H2,1-2H3,(H,14,15,16,17). The van der Waals surface area contributed by atoms with Crippen molar-refractivity contribution < 1.29 is 4.74 Å². The molecule has 1 saturated heterocycles. The molecule has 0 bridgehead atoms. The van der Waals surface area contributed by atoms with Gasteiger partial charge in [0.1, 0.15) is 5.69 Å². The second-order valence-corrected chi connectivity index (χ2v) is 4.79.